The van der Waals surface area contributed by atoms with Crippen LogP contribution in [0.3, 0.4) is 0 Å². The van der Waals surface area contributed by atoms with Crippen molar-refractivity contribution in [3.05, 3.63) is 36.7 Å². The van der Waals surface area contributed by atoms with E-state index in [-0.39, 0.29) is 0 Å². The minimum absolute atomic E-state index is 0.640. The molecule has 4 heterocycles. The Balaban J connectivity index is 1.28. The molecule has 162 valence electrons. The number of pyridine rings is 2. The summed E-state index contributed by atoms with van der Waals surface area (Å²) in [5, 5.41) is 0. The second-order valence-electron chi connectivity index (χ2n) is 7.36. The van der Waals surface area contributed by atoms with Gasteiger partial charge in [-0.1, -0.05) is 0 Å². The summed E-state index contributed by atoms with van der Waals surface area (Å²) in [6.45, 7) is 10.1. The quantitative estimate of drug-likeness (QED) is 0.613. The number of aromatic nitrogens is 2. The first kappa shape index (κ1) is 21.0. The van der Waals surface area contributed by atoms with Gasteiger partial charge in [0, 0.05) is 63.8 Å². The summed E-state index contributed by atoms with van der Waals surface area (Å²) in [5.74, 6) is 1.60. The summed E-state index contributed by atoms with van der Waals surface area (Å²) in [7, 11) is 0. The summed E-state index contributed by atoms with van der Waals surface area (Å²) in [6.07, 6.45) is 3.51. The molecule has 30 heavy (non-hydrogen) atoms. The molecule has 0 aromatic carbocycles. The highest BCUT2D eigenvalue weighted by molar-refractivity contribution is 5.57. The van der Waals surface area contributed by atoms with Crippen molar-refractivity contribution in [2.24, 2.45) is 0 Å². The second kappa shape index (κ2) is 11.2. The average molecular weight is 415 g/mol. The Bertz CT molecular complexity index is 714. The molecule has 0 bridgehead atoms. The molecule has 8 nitrogen and oxygen atoms in total. The number of rotatable bonds is 9. The van der Waals surface area contributed by atoms with E-state index in [1.54, 1.807) is 12.4 Å². The maximum atomic E-state index is 5.94. The largest absolute Gasteiger partial charge is 0.492 e. The van der Waals surface area contributed by atoms with Gasteiger partial charge < -0.3 is 18.9 Å². The van der Waals surface area contributed by atoms with Gasteiger partial charge in [-0.3, -0.25) is 19.8 Å². The molecule has 2 fully saturated rings. The van der Waals surface area contributed by atoms with Gasteiger partial charge in [0.2, 0.25) is 0 Å². The lowest BCUT2D eigenvalue weighted by atomic mass is 10.2. The standard InChI is InChI=1S/C22H30N4O4/c1-3-23-21(17-19(1)29-15-9-25-5-11-27-12-6-25)22-18-20(2-4-24-22)30-16-10-26-7-13-28-14-8-26/h1-4,17-18H,5-16H2. The Kier molecular flexibility index (Phi) is 7.85. The Hall–Kier alpha value is -2.26. The molecule has 0 spiro atoms. The molecule has 2 aromatic heterocycles. The summed E-state index contributed by atoms with van der Waals surface area (Å²) in [4.78, 5) is 13.6. The maximum absolute atomic E-state index is 5.94. The summed E-state index contributed by atoms with van der Waals surface area (Å²) >= 11 is 0. The molecule has 8 heteroatoms. The molecule has 0 N–H and O–H groups in total. The van der Waals surface area contributed by atoms with Gasteiger partial charge in [-0.05, 0) is 12.1 Å². The highest BCUT2D eigenvalue weighted by atomic mass is 16.5. The predicted molar refractivity (Wildman–Crippen MR) is 113 cm³/mol. The first-order chi connectivity index (χ1) is 14.9. The van der Waals surface area contributed by atoms with E-state index in [1.807, 2.05) is 24.3 Å². The molecule has 0 saturated carbocycles. The number of ether oxygens (including phenoxy) is 4. The van der Waals surface area contributed by atoms with Gasteiger partial charge in [0.05, 0.1) is 37.8 Å². The Morgan fingerprint density at radius 2 is 1.13 bits per heavy atom. The monoisotopic (exact) mass is 414 g/mol. The van der Waals surface area contributed by atoms with Crippen LogP contribution in [0.15, 0.2) is 36.7 Å². The van der Waals surface area contributed by atoms with Gasteiger partial charge >= 0.3 is 0 Å². The van der Waals surface area contributed by atoms with Crippen molar-refractivity contribution >= 4 is 0 Å². The summed E-state index contributed by atoms with van der Waals surface area (Å²) in [5.41, 5.74) is 1.55. The van der Waals surface area contributed by atoms with E-state index in [1.165, 1.54) is 0 Å². The maximum Gasteiger partial charge on any atom is 0.123 e. The van der Waals surface area contributed by atoms with Gasteiger partial charge in [0.15, 0.2) is 0 Å². The number of nitrogens with zero attached hydrogens (tertiary/aromatic N) is 4. The first-order valence-corrected chi connectivity index (χ1v) is 10.6. The van der Waals surface area contributed by atoms with Crippen molar-refractivity contribution in [3.8, 4) is 22.9 Å². The Labute approximate surface area is 177 Å². The zero-order valence-corrected chi connectivity index (χ0v) is 17.4. The molecule has 2 aliphatic heterocycles. The zero-order chi connectivity index (χ0) is 20.4. The van der Waals surface area contributed by atoms with Gasteiger partial charge in [-0.25, -0.2) is 0 Å². The van der Waals surface area contributed by atoms with Crippen LogP contribution < -0.4 is 9.47 Å². The number of morpholine rings is 2. The topological polar surface area (TPSA) is 69.2 Å². The van der Waals surface area contributed by atoms with Crippen LogP contribution in [0.4, 0.5) is 0 Å². The smallest absolute Gasteiger partial charge is 0.123 e. The SMILES string of the molecule is c1cc(OCCN2CCOCC2)cc(-c2cc(OCCN3CCOCC3)ccn2)n1. The molecule has 4 rings (SSSR count). The van der Waals surface area contributed by atoms with Crippen LogP contribution in [0.2, 0.25) is 0 Å². The molecule has 2 saturated heterocycles. The molecule has 0 amide bonds. The van der Waals surface area contributed by atoms with Crippen LogP contribution in [0.1, 0.15) is 0 Å². The highest BCUT2D eigenvalue weighted by Gasteiger charge is 2.12. The molecule has 2 aliphatic rings. The van der Waals surface area contributed by atoms with E-state index in [4.69, 9.17) is 18.9 Å². The van der Waals surface area contributed by atoms with E-state index in [9.17, 15) is 0 Å². The normalized spacial score (nSPS) is 18.3. The van der Waals surface area contributed by atoms with Gasteiger partial charge in [0.1, 0.15) is 24.7 Å². The molecule has 2 aromatic rings. The fourth-order valence-electron chi connectivity index (χ4n) is 3.52. The highest BCUT2D eigenvalue weighted by Crippen LogP contribution is 2.23. The van der Waals surface area contributed by atoms with Crippen molar-refractivity contribution in [2.45, 2.75) is 0 Å². The number of hydrogen-bond donors (Lipinski definition) is 0. The van der Waals surface area contributed by atoms with E-state index >= 15 is 0 Å². The summed E-state index contributed by atoms with van der Waals surface area (Å²) in [6, 6.07) is 7.62. The number of hydrogen-bond acceptors (Lipinski definition) is 8. The molecule has 0 radical (unpaired) electrons. The van der Waals surface area contributed by atoms with Crippen molar-refractivity contribution < 1.29 is 18.9 Å². The van der Waals surface area contributed by atoms with Crippen LogP contribution in [0, 0.1) is 0 Å². The Morgan fingerprint density at radius 1 is 0.700 bits per heavy atom. The van der Waals surface area contributed by atoms with Crippen LogP contribution >= 0.6 is 0 Å². The fraction of sp³-hybridized carbons (Fsp3) is 0.545. The van der Waals surface area contributed by atoms with Gasteiger partial charge in [-0.2, -0.15) is 0 Å². The summed E-state index contributed by atoms with van der Waals surface area (Å²) < 4.78 is 22.6. The van der Waals surface area contributed by atoms with Crippen LogP contribution in [-0.4, -0.2) is 98.7 Å². The van der Waals surface area contributed by atoms with Crippen molar-refractivity contribution in [1.82, 2.24) is 19.8 Å². The third-order valence-electron chi connectivity index (χ3n) is 5.29. The lowest BCUT2D eigenvalue weighted by Gasteiger charge is -2.26. The molecular formula is C22H30N4O4. The van der Waals surface area contributed by atoms with E-state index in [2.05, 4.69) is 19.8 Å². The lowest BCUT2D eigenvalue weighted by molar-refractivity contribution is 0.0321. The van der Waals surface area contributed by atoms with Crippen LogP contribution in [0.25, 0.3) is 11.4 Å². The van der Waals surface area contributed by atoms with Crippen molar-refractivity contribution in [1.29, 1.82) is 0 Å². The van der Waals surface area contributed by atoms with Crippen molar-refractivity contribution in [3.63, 3.8) is 0 Å². The lowest BCUT2D eigenvalue weighted by Crippen LogP contribution is -2.38. The van der Waals surface area contributed by atoms with Gasteiger partial charge in [0.25, 0.3) is 0 Å². The van der Waals surface area contributed by atoms with Crippen LogP contribution in [0.5, 0.6) is 11.5 Å². The van der Waals surface area contributed by atoms with Gasteiger partial charge in [-0.15, -0.1) is 0 Å². The van der Waals surface area contributed by atoms with E-state index < -0.39 is 0 Å². The van der Waals surface area contributed by atoms with Crippen molar-refractivity contribution in [2.75, 3.05) is 78.9 Å². The molecule has 0 aliphatic carbocycles. The second-order valence-corrected chi connectivity index (χ2v) is 7.36. The zero-order valence-electron chi connectivity index (χ0n) is 17.4. The molecule has 0 unspecified atom stereocenters. The minimum atomic E-state index is 0.640. The Morgan fingerprint density at radius 3 is 1.57 bits per heavy atom. The van der Waals surface area contributed by atoms with E-state index in [0.29, 0.717) is 13.2 Å². The first-order valence-electron chi connectivity index (χ1n) is 10.6. The minimum Gasteiger partial charge on any atom is -0.492 e. The predicted octanol–water partition coefficient (Wildman–Crippen LogP) is 1.57. The third kappa shape index (κ3) is 6.37. The van der Waals surface area contributed by atoms with E-state index in [0.717, 1.165) is 88.6 Å². The fourth-order valence-corrected chi connectivity index (χ4v) is 3.52. The molecular weight excluding hydrogens is 384 g/mol. The average Bonchev–Trinajstić information content (AvgIpc) is 2.81. The van der Waals surface area contributed by atoms with Crippen LogP contribution in [-0.2, 0) is 9.47 Å². The molecule has 0 atom stereocenters. The third-order valence-corrected chi connectivity index (χ3v) is 5.29.